The zero-order chi connectivity index (χ0) is 18.8. The van der Waals surface area contributed by atoms with Crippen LogP contribution in [0.15, 0.2) is 54.9 Å². The topological polar surface area (TPSA) is 57.8 Å². The van der Waals surface area contributed by atoms with Crippen molar-refractivity contribution in [1.29, 1.82) is 0 Å². The highest BCUT2D eigenvalue weighted by atomic mass is 19.1. The van der Waals surface area contributed by atoms with E-state index in [1.165, 1.54) is 16.7 Å². The van der Waals surface area contributed by atoms with E-state index in [-0.39, 0.29) is 35.8 Å². The Hall–Kier alpha value is -2.73. The van der Waals surface area contributed by atoms with Gasteiger partial charge in [-0.15, -0.1) is 0 Å². The molecule has 1 saturated carbocycles. The number of fused-ring (bicyclic) bond motifs is 1. The van der Waals surface area contributed by atoms with Crippen LogP contribution < -0.4 is 0 Å². The molecule has 140 valence electrons. The number of hydrogen-bond acceptors (Lipinski definition) is 3. The predicted molar refractivity (Wildman–Crippen MR) is 99.7 cm³/mol. The number of carbonyl (C=O) groups is 1. The molecule has 0 radical (unpaired) electrons. The van der Waals surface area contributed by atoms with Gasteiger partial charge in [-0.05, 0) is 36.5 Å². The number of carbonyl (C=O) groups excluding carboxylic acids is 1. The first-order valence-corrected chi connectivity index (χ1v) is 9.26. The molecule has 2 heterocycles. The molecule has 27 heavy (non-hydrogen) atoms. The summed E-state index contributed by atoms with van der Waals surface area (Å²) in [6, 6.07) is 12.3. The van der Waals surface area contributed by atoms with Gasteiger partial charge in [-0.3, -0.25) is 9.20 Å². The van der Waals surface area contributed by atoms with Crippen molar-refractivity contribution in [3.8, 4) is 0 Å². The molecule has 1 aliphatic carbocycles. The second-order valence-electron chi connectivity index (χ2n) is 7.05. The number of hydrogen-bond donors (Lipinski definition) is 1. The average molecular weight is 367 g/mol. The first-order chi connectivity index (χ1) is 13.2. The highest BCUT2D eigenvalue weighted by molar-refractivity contribution is 5.92. The Kier molecular flexibility index (Phi) is 4.90. The number of benzene rings is 1. The van der Waals surface area contributed by atoms with Crippen molar-refractivity contribution in [2.24, 2.45) is 5.92 Å². The normalized spacial score (nSPS) is 15.5. The van der Waals surface area contributed by atoms with E-state index in [1.54, 1.807) is 17.2 Å². The lowest BCUT2D eigenvalue weighted by molar-refractivity contribution is 0.0303. The SMILES string of the molecule is O=C(c1ncc2c(F)cccn12)N(Cc1ccccc1)C(CO)C1CCC1. The molecule has 0 saturated heterocycles. The lowest BCUT2D eigenvalue weighted by Crippen LogP contribution is -2.48. The van der Waals surface area contributed by atoms with Crippen LogP contribution in [0.1, 0.15) is 35.4 Å². The van der Waals surface area contributed by atoms with Crippen LogP contribution in [0, 0.1) is 11.7 Å². The third-order valence-corrected chi connectivity index (χ3v) is 5.45. The molecule has 6 heteroatoms. The van der Waals surface area contributed by atoms with Crippen LogP contribution in [0.2, 0.25) is 0 Å². The van der Waals surface area contributed by atoms with Gasteiger partial charge in [0.15, 0.2) is 0 Å². The quantitative estimate of drug-likeness (QED) is 0.727. The monoisotopic (exact) mass is 367 g/mol. The van der Waals surface area contributed by atoms with Crippen LogP contribution in [0.5, 0.6) is 0 Å². The van der Waals surface area contributed by atoms with Crippen molar-refractivity contribution in [1.82, 2.24) is 14.3 Å². The zero-order valence-electron chi connectivity index (χ0n) is 15.0. The van der Waals surface area contributed by atoms with Gasteiger partial charge >= 0.3 is 0 Å². The number of pyridine rings is 1. The van der Waals surface area contributed by atoms with Gasteiger partial charge in [0, 0.05) is 12.7 Å². The van der Waals surface area contributed by atoms with Crippen molar-refractivity contribution in [3.05, 3.63) is 72.1 Å². The van der Waals surface area contributed by atoms with E-state index < -0.39 is 5.82 Å². The fourth-order valence-electron chi connectivity index (χ4n) is 3.72. The average Bonchev–Trinajstić information content (AvgIpc) is 3.08. The molecule has 0 spiro atoms. The number of amides is 1. The smallest absolute Gasteiger partial charge is 0.290 e. The molecule has 1 aromatic carbocycles. The summed E-state index contributed by atoms with van der Waals surface area (Å²) in [5.41, 5.74) is 1.25. The van der Waals surface area contributed by atoms with Crippen molar-refractivity contribution < 1.29 is 14.3 Å². The van der Waals surface area contributed by atoms with Crippen LogP contribution in [-0.4, -0.2) is 37.9 Å². The summed E-state index contributed by atoms with van der Waals surface area (Å²) < 4.78 is 15.5. The Morgan fingerprint density at radius 3 is 2.70 bits per heavy atom. The highest BCUT2D eigenvalue weighted by Crippen LogP contribution is 2.33. The molecular weight excluding hydrogens is 345 g/mol. The zero-order valence-corrected chi connectivity index (χ0v) is 15.0. The summed E-state index contributed by atoms with van der Waals surface area (Å²) in [5, 5.41) is 10.0. The Morgan fingerprint density at radius 1 is 1.26 bits per heavy atom. The molecule has 5 nitrogen and oxygen atoms in total. The van der Waals surface area contributed by atoms with Crippen molar-refractivity contribution >= 4 is 11.4 Å². The number of rotatable bonds is 6. The van der Waals surface area contributed by atoms with E-state index in [0.717, 1.165) is 24.8 Å². The van der Waals surface area contributed by atoms with E-state index >= 15 is 0 Å². The summed E-state index contributed by atoms with van der Waals surface area (Å²) in [6.07, 6.45) is 6.13. The number of aliphatic hydroxyl groups excluding tert-OH is 1. The number of nitrogens with zero attached hydrogens (tertiary/aromatic N) is 3. The van der Waals surface area contributed by atoms with Gasteiger partial charge in [-0.1, -0.05) is 36.8 Å². The van der Waals surface area contributed by atoms with Gasteiger partial charge in [0.05, 0.1) is 18.8 Å². The van der Waals surface area contributed by atoms with Gasteiger partial charge in [0.25, 0.3) is 5.91 Å². The van der Waals surface area contributed by atoms with Gasteiger partial charge in [-0.2, -0.15) is 0 Å². The third-order valence-electron chi connectivity index (χ3n) is 5.45. The number of aromatic nitrogens is 2. The fourth-order valence-corrected chi connectivity index (χ4v) is 3.72. The van der Waals surface area contributed by atoms with E-state index in [4.69, 9.17) is 0 Å². The molecule has 3 aromatic rings. The summed E-state index contributed by atoms with van der Waals surface area (Å²) in [6.45, 7) is 0.284. The lowest BCUT2D eigenvalue weighted by atomic mass is 9.79. The number of imidazole rings is 1. The number of aliphatic hydroxyl groups is 1. The van der Waals surface area contributed by atoms with E-state index in [0.29, 0.717) is 6.54 Å². The van der Waals surface area contributed by atoms with Crippen molar-refractivity contribution in [2.45, 2.75) is 31.8 Å². The summed E-state index contributed by atoms with van der Waals surface area (Å²) in [5.74, 6) is -0.268. The van der Waals surface area contributed by atoms with Gasteiger partial charge < -0.3 is 10.0 Å². The van der Waals surface area contributed by atoms with E-state index in [9.17, 15) is 14.3 Å². The maximum Gasteiger partial charge on any atom is 0.290 e. The molecule has 1 atom stereocenters. The second-order valence-corrected chi connectivity index (χ2v) is 7.05. The molecular formula is C21H22FN3O2. The van der Waals surface area contributed by atoms with Gasteiger partial charge in [0.1, 0.15) is 11.3 Å². The van der Waals surface area contributed by atoms with Crippen LogP contribution >= 0.6 is 0 Å². The summed E-state index contributed by atoms with van der Waals surface area (Å²) in [4.78, 5) is 19.3. The molecule has 1 unspecified atom stereocenters. The first kappa shape index (κ1) is 17.7. The maximum atomic E-state index is 14.0. The van der Waals surface area contributed by atoms with Gasteiger partial charge in [-0.25, -0.2) is 9.37 Å². The largest absolute Gasteiger partial charge is 0.394 e. The third kappa shape index (κ3) is 3.32. The minimum atomic E-state index is -0.420. The van der Waals surface area contributed by atoms with Crippen LogP contribution in [0.4, 0.5) is 4.39 Å². The molecule has 1 N–H and O–H groups in total. The van der Waals surface area contributed by atoms with Crippen LogP contribution in [0.3, 0.4) is 0 Å². The Bertz CT molecular complexity index is 937. The predicted octanol–water partition coefficient (Wildman–Crippen LogP) is 3.28. The first-order valence-electron chi connectivity index (χ1n) is 9.26. The van der Waals surface area contributed by atoms with Gasteiger partial charge in [0.2, 0.25) is 5.82 Å². The lowest BCUT2D eigenvalue weighted by Gasteiger charge is -2.40. The molecule has 0 aliphatic heterocycles. The maximum absolute atomic E-state index is 14.0. The summed E-state index contributed by atoms with van der Waals surface area (Å²) >= 11 is 0. The van der Waals surface area contributed by atoms with E-state index in [2.05, 4.69) is 4.98 Å². The second kappa shape index (κ2) is 7.48. The minimum Gasteiger partial charge on any atom is -0.394 e. The Morgan fingerprint density at radius 2 is 2.04 bits per heavy atom. The molecule has 1 fully saturated rings. The summed E-state index contributed by atoms with van der Waals surface area (Å²) in [7, 11) is 0. The molecule has 0 bridgehead atoms. The number of halogens is 1. The molecule has 1 amide bonds. The van der Waals surface area contributed by atoms with Crippen LogP contribution in [0.25, 0.3) is 5.52 Å². The van der Waals surface area contributed by atoms with Crippen molar-refractivity contribution in [3.63, 3.8) is 0 Å². The van der Waals surface area contributed by atoms with Crippen molar-refractivity contribution in [2.75, 3.05) is 6.61 Å². The standard InChI is InChI=1S/C21H22FN3O2/c22-17-10-5-11-24-18(17)12-23-20(24)21(27)25(13-15-6-2-1-3-7-15)19(14-26)16-8-4-9-16/h1-3,5-7,10-12,16,19,26H,4,8-9,13-14H2. The minimum absolute atomic E-state index is 0.0963. The fraction of sp³-hybridized carbons (Fsp3) is 0.333. The molecule has 1 aliphatic rings. The Balaban J connectivity index is 1.72. The molecule has 4 rings (SSSR count). The highest BCUT2D eigenvalue weighted by Gasteiger charge is 2.35. The Labute approximate surface area is 157 Å². The van der Waals surface area contributed by atoms with Crippen LogP contribution in [-0.2, 0) is 6.54 Å². The molecule has 2 aromatic heterocycles. The van der Waals surface area contributed by atoms with E-state index in [1.807, 2.05) is 30.3 Å².